The smallest absolute Gasteiger partial charge is 0.270 e. The van der Waals surface area contributed by atoms with Gasteiger partial charge in [0.05, 0.1) is 11.4 Å². The number of nitrogens with zero attached hydrogens (tertiary/aromatic N) is 2. The summed E-state index contributed by atoms with van der Waals surface area (Å²) >= 11 is 0. The lowest BCUT2D eigenvalue weighted by molar-refractivity contribution is -0.113. The number of nitrogens with one attached hydrogen (secondary N) is 1. The lowest BCUT2D eigenvalue weighted by atomic mass is 10.1. The van der Waals surface area contributed by atoms with Crippen molar-refractivity contribution in [3.05, 3.63) is 54.3 Å². The summed E-state index contributed by atoms with van der Waals surface area (Å²) < 4.78 is 0. The number of carbonyl (C=O) groups excluding carboxylic acids is 1. The topological polar surface area (TPSA) is 53.8 Å². The van der Waals surface area contributed by atoms with Gasteiger partial charge in [0.15, 0.2) is 0 Å². The Kier molecular flexibility index (Phi) is 3.54. The van der Waals surface area contributed by atoms with Crippen molar-refractivity contribution in [3.63, 3.8) is 0 Å². The highest BCUT2D eigenvalue weighted by Gasteiger charge is 2.23. The molecule has 1 aromatic rings. The van der Waals surface area contributed by atoms with Crippen molar-refractivity contribution in [2.24, 2.45) is 9.98 Å². The Hall–Kier alpha value is -2.49. The van der Waals surface area contributed by atoms with Crippen LogP contribution in [0.1, 0.15) is 18.4 Å². The van der Waals surface area contributed by atoms with E-state index in [1.54, 1.807) is 6.08 Å². The Morgan fingerprint density at radius 3 is 2.70 bits per heavy atom. The van der Waals surface area contributed by atoms with Crippen LogP contribution in [-0.2, 0) is 4.79 Å². The van der Waals surface area contributed by atoms with Gasteiger partial charge in [0.1, 0.15) is 5.71 Å². The van der Waals surface area contributed by atoms with Crippen LogP contribution in [0.3, 0.4) is 0 Å². The minimum atomic E-state index is -0.212. The van der Waals surface area contributed by atoms with E-state index < -0.39 is 0 Å². The molecule has 0 fully saturated rings. The monoisotopic (exact) mass is 265 g/mol. The number of para-hydroxylation sites is 1. The van der Waals surface area contributed by atoms with Gasteiger partial charge < -0.3 is 5.32 Å². The molecule has 4 nitrogen and oxygen atoms in total. The highest BCUT2D eigenvalue weighted by molar-refractivity contribution is 6.57. The third-order valence-electron chi connectivity index (χ3n) is 3.18. The molecule has 0 saturated heterocycles. The predicted molar refractivity (Wildman–Crippen MR) is 80.6 cm³/mol. The maximum atomic E-state index is 11.1. The van der Waals surface area contributed by atoms with Crippen LogP contribution in [0, 0.1) is 0 Å². The van der Waals surface area contributed by atoms with Gasteiger partial charge in [-0.1, -0.05) is 24.3 Å². The van der Waals surface area contributed by atoms with Crippen LogP contribution in [0.5, 0.6) is 0 Å². The first-order valence-corrected chi connectivity index (χ1v) is 6.72. The third-order valence-corrected chi connectivity index (χ3v) is 3.18. The molecule has 20 heavy (non-hydrogen) atoms. The van der Waals surface area contributed by atoms with E-state index in [-0.39, 0.29) is 5.91 Å². The fourth-order valence-corrected chi connectivity index (χ4v) is 2.20. The van der Waals surface area contributed by atoms with Gasteiger partial charge in [-0.3, -0.25) is 4.79 Å². The maximum Gasteiger partial charge on any atom is 0.270 e. The molecule has 0 aromatic heterocycles. The molecule has 100 valence electrons. The molecule has 1 amide bonds. The highest BCUT2D eigenvalue weighted by atomic mass is 16.1. The van der Waals surface area contributed by atoms with Crippen molar-refractivity contribution in [2.45, 2.75) is 12.8 Å². The molecule has 1 N–H and O–H groups in total. The van der Waals surface area contributed by atoms with Crippen molar-refractivity contribution < 1.29 is 4.79 Å². The van der Waals surface area contributed by atoms with Gasteiger partial charge in [0.25, 0.3) is 5.91 Å². The quantitative estimate of drug-likeness (QED) is 0.783. The Balaban J connectivity index is 0.000000170. The van der Waals surface area contributed by atoms with E-state index in [9.17, 15) is 4.79 Å². The number of hydrogen-bond acceptors (Lipinski definition) is 3. The second-order valence-electron chi connectivity index (χ2n) is 4.64. The van der Waals surface area contributed by atoms with Crippen LogP contribution in [0.15, 0.2) is 58.7 Å². The van der Waals surface area contributed by atoms with E-state index in [1.165, 1.54) is 18.9 Å². The Morgan fingerprint density at radius 1 is 1.10 bits per heavy atom. The van der Waals surface area contributed by atoms with E-state index >= 15 is 0 Å². The zero-order chi connectivity index (χ0) is 13.8. The Morgan fingerprint density at radius 2 is 2.00 bits per heavy atom. The van der Waals surface area contributed by atoms with E-state index in [0.717, 1.165) is 23.5 Å². The SMILES string of the molecule is C1=CNCCC1.O=C1C=CC2=Nc3ccccc3C2=N1. The van der Waals surface area contributed by atoms with Crippen molar-refractivity contribution >= 4 is 23.0 Å². The first-order valence-electron chi connectivity index (χ1n) is 6.72. The van der Waals surface area contributed by atoms with Crippen LogP contribution >= 0.6 is 0 Å². The highest BCUT2D eigenvalue weighted by Crippen LogP contribution is 2.28. The molecular formula is C16H15N3O. The van der Waals surface area contributed by atoms with Crippen molar-refractivity contribution in [3.8, 4) is 0 Å². The van der Waals surface area contributed by atoms with Crippen LogP contribution in [0.4, 0.5) is 5.69 Å². The normalized spacial score (nSPS) is 18.1. The van der Waals surface area contributed by atoms with Gasteiger partial charge in [-0.25, -0.2) is 9.98 Å². The molecule has 0 saturated carbocycles. The van der Waals surface area contributed by atoms with E-state index in [1.807, 2.05) is 30.5 Å². The molecule has 0 atom stereocenters. The minimum Gasteiger partial charge on any atom is -0.391 e. The van der Waals surface area contributed by atoms with E-state index in [0.29, 0.717) is 5.71 Å². The number of allylic oxidation sites excluding steroid dienone is 2. The summed E-state index contributed by atoms with van der Waals surface area (Å²) in [5.41, 5.74) is 3.32. The van der Waals surface area contributed by atoms with Gasteiger partial charge in [0.2, 0.25) is 0 Å². The molecule has 4 rings (SSSR count). The number of dihydropyridines is 1. The fraction of sp³-hybridized carbons (Fsp3) is 0.188. The van der Waals surface area contributed by atoms with Crippen molar-refractivity contribution in [1.82, 2.24) is 5.32 Å². The predicted octanol–water partition coefficient (Wildman–Crippen LogP) is 2.54. The molecule has 0 bridgehead atoms. The number of amides is 1. The minimum absolute atomic E-state index is 0.212. The largest absolute Gasteiger partial charge is 0.391 e. The van der Waals surface area contributed by atoms with Crippen molar-refractivity contribution in [2.75, 3.05) is 6.54 Å². The van der Waals surface area contributed by atoms with Gasteiger partial charge >= 0.3 is 0 Å². The molecule has 4 heteroatoms. The number of fused-ring (bicyclic) bond motifs is 3. The lowest BCUT2D eigenvalue weighted by Crippen LogP contribution is -2.14. The second kappa shape index (κ2) is 5.65. The summed E-state index contributed by atoms with van der Waals surface area (Å²) in [7, 11) is 0. The molecule has 0 unspecified atom stereocenters. The van der Waals surface area contributed by atoms with Crippen LogP contribution in [0.25, 0.3) is 0 Å². The average molecular weight is 265 g/mol. The van der Waals surface area contributed by atoms with Gasteiger partial charge in [0, 0.05) is 18.2 Å². The molecular weight excluding hydrogens is 250 g/mol. The molecule has 3 aliphatic heterocycles. The average Bonchev–Trinajstić information content (AvgIpc) is 2.88. The first-order chi connectivity index (χ1) is 9.84. The lowest BCUT2D eigenvalue weighted by Gasteiger charge is -2.02. The molecule has 3 heterocycles. The summed E-state index contributed by atoms with van der Waals surface area (Å²) in [5, 5.41) is 3.10. The number of benzene rings is 1. The molecule has 0 aliphatic carbocycles. The van der Waals surface area contributed by atoms with E-state index in [4.69, 9.17) is 0 Å². The van der Waals surface area contributed by atoms with Gasteiger partial charge in [-0.05, 0) is 31.2 Å². The van der Waals surface area contributed by atoms with Gasteiger partial charge in [-0.15, -0.1) is 0 Å². The standard InChI is InChI=1S/C11H6N2O.C5H9N/c14-10-6-5-9-11(13-10)7-3-1-2-4-8(7)12-9;1-2-4-6-5-3-1/h1-6H;2,4,6H,1,3,5H2. The molecule has 1 aromatic carbocycles. The Bertz CT molecular complexity index is 645. The van der Waals surface area contributed by atoms with Gasteiger partial charge in [-0.2, -0.15) is 0 Å². The summed E-state index contributed by atoms with van der Waals surface area (Å²) in [5.74, 6) is -0.212. The fourth-order valence-electron chi connectivity index (χ4n) is 2.20. The van der Waals surface area contributed by atoms with Crippen LogP contribution < -0.4 is 5.32 Å². The summed E-state index contributed by atoms with van der Waals surface area (Å²) in [6.07, 6.45) is 9.88. The number of carbonyl (C=O) groups is 1. The van der Waals surface area contributed by atoms with Crippen LogP contribution in [-0.4, -0.2) is 23.9 Å². The maximum absolute atomic E-state index is 11.1. The molecule has 3 aliphatic rings. The molecule has 0 spiro atoms. The number of aliphatic imine (C=N–C) groups is 2. The van der Waals surface area contributed by atoms with Crippen LogP contribution in [0.2, 0.25) is 0 Å². The van der Waals surface area contributed by atoms with E-state index in [2.05, 4.69) is 21.4 Å². The molecule has 0 radical (unpaired) electrons. The van der Waals surface area contributed by atoms with Crippen molar-refractivity contribution in [1.29, 1.82) is 0 Å². The first kappa shape index (κ1) is 12.5. The summed E-state index contributed by atoms with van der Waals surface area (Å²) in [6.45, 7) is 1.16. The summed E-state index contributed by atoms with van der Waals surface area (Å²) in [4.78, 5) is 19.4. The summed E-state index contributed by atoms with van der Waals surface area (Å²) in [6, 6.07) is 7.69. The number of rotatable bonds is 0. The Labute approximate surface area is 117 Å². The number of hydrogen-bond donors (Lipinski definition) is 1. The second-order valence-corrected chi connectivity index (χ2v) is 4.64. The third kappa shape index (κ3) is 2.59. The zero-order valence-electron chi connectivity index (χ0n) is 11.0. The zero-order valence-corrected chi connectivity index (χ0v) is 11.0.